The van der Waals surface area contributed by atoms with Crippen LogP contribution in [0, 0.1) is 0 Å². The Morgan fingerprint density at radius 3 is 1.80 bits per heavy atom. The molecule has 0 aromatic heterocycles. The molecule has 0 atom stereocenters. The molecule has 60 valence electrons. The molecule has 3 heteroatoms. The number of carbonyl (C=O) groups is 1. The van der Waals surface area contributed by atoms with Gasteiger partial charge < -0.3 is 10.2 Å². The Bertz CT molecular complexity index is 103. The predicted octanol–water partition coefficient (Wildman–Crippen LogP) is 1.04. The van der Waals surface area contributed by atoms with E-state index in [1.165, 1.54) is 0 Å². The monoisotopic (exact) mass is 146 g/mol. The van der Waals surface area contributed by atoms with Crippen LogP contribution in [0.3, 0.4) is 0 Å². The van der Waals surface area contributed by atoms with Crippen molar-refractivity contribution in [3.05, 3.63) is 12.2 Å². The Morgan fingerprint density at radius 2 is 1.80 bits per heavy atom. The summed E-state index contributed by atoms with van der Waals surface area (Å²) in [5.74, 6) is -0.833. The standard InChI is InChI=1S/C5H10O.C2H4O2/c1-5(2)3-4-6;1-2(3)4/h6H,1,3-4H2,2H3;1H3,(H,3,4). The average molecular weight is 146 g/mol. The molecule has 2 N–H and O–H groups in total. The zero-order valence-electron chi connectivity index (χ0n) is 6.42. The number of rotatable bonds is 2. The summed E-state index contributed by atoms with van der Waals surface area (Å²) in [6, 6.07) is 0. The molecule has 0 fully saturated rings. The van der Waals surface area contributed by atoms with Gasteiger partial charge in [-0.05, 0) is 13.3 Å². The highest BCUT2D eigenvalue weighted by Crippen LogP contribution is 1.90. The van der Waals surface area contributed by atoms with Gasteiger partial charge in [-0.3, -0.25) is 4.79 Å². The van der Waals surface area contributed by atoms with Crippen LogP contribution in [0.2, 0.25) is 0 Å². The van der Waals surface area contributed by atoms with Gasteiger partial charge in [-0.1, -0.05) is 5.57 Å². The molecule has 0 saturated heterocycles. The third-order valence-electron chi connectivity index (χ3n) is 0.539. The molecule has 0 rings (SSSR count). The van der Waals surface area contributed by atoms with Crippen molar-refractivity contribution < 1.29 is 15.0 Å². The van der Waals surface area contributed by atoms with Gasteiger partial charge in [0.15, 0.2) is 0 Å². The van der Waals surface area contributed by atoms with Crippen molar-refractivity contribution in [1.82, 2.24) is 0 Å². The third kappa shape index (κ3) is 58.0. The van der Waals surface area contributed by atoms with Gasteiger partial charge in [0.2, 0.25) is 0 Å². The first-order valence-corrected chi connectivity index (χ1v) is 2.95. The second kappa shape index (κ2) is 8.17. The maximum absolute atomic E-state index is 9.00. The second-order valence-electron chi connectivity index (χ2n) is 1.95. The number of aliphatic hydroxyl groups excluding tert-OH is 1. The molecular formula is C7H14O3. The fraction of sp³-hybridized carbons (Fsp3) is 0.571. The first kappa shape index (κ1) is 11.9. The van der Waals surface area contributed by atoms with E-state index in [1.54, 1.807) is 0 Å². The summed E-state index contributed by atoms with van der Waals surface area (Å²) in [6.45, 7) is 6.80. The first-order valence-electron chi connectivity index (χ1n) is 2.95. The van der Waals surface area contributed by atoms with Crippen molar-refractivity contribution in [3.63, 3.8) is 0 Å². The number of aliphatic hydroxyl groups is 1. The van der Waals surface area contributed by atoms with Gasteiger partial charge >= 0.3 is 0 Å². The molecule has 0 aromatic rings. The van der Waals surface area contributed by atoms with E-state index in [0.717, 1.165) is 18.9 Å². The van der Waals surface area contributed by atoms with Crippen LogP contribution in [0.5, 0.6) is 0 Å². The van der Waals surface area contributed by atoms with Crippen LogP contribution in [0.1, 0.15) is 20.3 Å². The van der Waals surface area contributed by atoms with Crippen molar-refractivity contribution in [2.24, 2.45) is 0 Å². The molecule has 0 aromatic carbocycles. The van der Waals surface area contributed by atoms with E-state index in [9.17, 15) is 0 Å². The van der Waals surface area contributed by atoms with E-state index in [1.807, 2.05) is 6.92 Å². The lowest BCUT2D eigenvalue weighted by molar-refractivity contribution is -0.134. The van der Waals surface area contributed by atoms with E-state index < -0.39 is 5.97 Å². The summed E-state index contributed by atoms with van der Waals surface area (Å²) in [5.41, 5.74) is 1.04. The Hall–Kier alpha value is -0.830. The lowest BCUT2D eigenvalue weighted by Crippen LogP contribution is -1.79. The molecule has 0 saturated carbocycles. The van der Waals surface area contributed by atoms with E-state index >= 15 is 0 Å². The highest BCUT2D eigenvalue weighted by atomic mass is 16.4. The minimum atomic E-state index is -0.833. The number of hydrogen-bond donors (Lipinski definition) is 2. The summed E-state index contributed by atoms with van der Waals surface area (Å²) in [4.78, 5) is 9.00. The van der Waals surface area contributed by atoms with Crippen molar-refractivity contribution >= 4 is 5.97 Å². The molecule has 0 aliphatic heterocycles. The van der Waals surface area contributed by atoms with E-state index in [2.05, 4.69) is 6.58 Å². The molecule has 0 aliphatic carbocycles. The van der Waals surface area contributed by atoms with Crippen LogP contribution in [0.15, 0.2) is 12.2 Å². The van der Waals surface area contributed by atoms with Gasteiger partial charge in [-0.25, -0.2) is 0 Å². The van der Waals surface area contributed by atoms with Gasteiger partial charge in [0, 0.05) is 13.5 Å². The van der Waals surface area contributed by atoms with Crippen molar-refractivity contribution in [3.8, 4) is 0 Å². The largest absolute Gasteiger partial charge is 0.481 e. The lowest BCUT2D eigenvalue weighted by atomic mass is 10.3. The lowest BCUT2D eigenvalue weighted by Gasteiger charge is -1.87. The Morgan fingerprint density at radius 1 is 1.50 bits per heavy atom. The van der Waals surface area contributed by atoms with Crippen LogP contribution in [0.4, 0.5) is 0 Å². The fourth-order valence-corrected chi connectivity index (χ4v) is 0.191. The highest BCUT2D eigenvalue weighted by Gasteiger charge is 1.77. The molecule has 0 bridgehead atoms. The molecule has 3 nitrogen and oxygen atoms in total. The second-order valence-corrected chi connectivity index (χ2v) is 1.95. The topological polar surface area (TPSA) is 57.5 Å². The van der Waals surface area contributed by atoms with Gasteiger partial charge in [0.1, 0.15) is 0 Å². The minimum Gasteiger partial charge on any atom is -0.481 e. The van der Waals surface area contributed by atoms with Crippen LogP contribution in [0.25, 0.3) is 0 Å². The number of hydrogen-bond acceptors (Lipinski definition) is 2. The predicted molar refractivity (Wildman–Crippen MR) is 39.8 cm³/mol. The molecule has 0 spiro atoms. The van der Waals surface area contributed by atoms with Gasteiger partial charge in [0.05, 0.1) is 0 Å². The van der Waals surface area contributed by atoms with Crippen LogP contribution >= 0.6 is 0 Å². The highest BCUT2D eigenvalue weighted by molar-refractivity contribution is 5.62. The normalized spacial score (nSPS) is 7.50. The fourth-order valence-electron chi connectivity index (χ4n) is 0.191. The van der Waals surface area contributed by atoms with Gasteiger partial charge in [-0.2, -0.15) is 0 Å². The molecule has 10 heavy (non-hydrogen) atoms. The van der Waals surface area contributed by atoms with Crippen molar-refractivity contribution in [1.29, 1.82) is 0 Å². The maximum atomic E-state index is 9.00. The average Bonchev–Trinajstić information content (AvgIpc) is 1.62. The molecule has 0 radical (unpaired) electrons. The SMILES string of the molecule is C=C(C)CCO.CC(=O)O. The van der Waals surface area contributed by atoms with Crippen LogP contribution in [-0.4, -0.2) is 22.8 Å². The zero-order valence-corrected chi connectivity index (χ0v) is 6.42. The van der Waals surface area contributed by atoms with Gasteiger partial charge in [0.25, 0.3) is 5.97 Å². The number of aliphatic carboxylic acids is 1. The first-order chi connectivity index (χ1) is 4.50. The smallest absolute Gasteiger partial charge is 0.300 e. The summed E-state index contributed by atoms with van der Waals surface area (Å²) < 4.78 is 0. The third-order valence-corrected chi connectivity index (χ3v) is 0.539. The quantitative estimate of drug-likeness (QED) is 0.572. The van der Waals surface area contributed by atoms with Crippen LogP contribution in [-0.2, 0) is 4.79 Å². The molecule has 0 heterocycles. The van der Waals surface area contributed by atoms with Crippen LogP contribution < -0.4 is 0 Å². The van der Waals surface area contributed by atoms with Crippen molar-refractivity contribution in [2.75, 3.05) is 6.61 Å². The minimum absolute atomic E-state index is 0.231. The molecular weight excluding hydrogens is 132 g/mol. The Labute approximate surface area is 61.0 Å². The molecule has 0 aliphatic rings. The number of carboxylic acid groups (broad SMARTS) is 1. The van der Waals surface area contributed by atoms with E-state index in [0.29, 0.717) is 0 Å². The summed E-state index contributed by atoms with van der Waals surface area (Å²) in [7, 11) is 0. The summed E-state index contributed by atoms with van der Waals surface area (Å²) in [6.07, 6.45) is 0.736. The van der Waals surface area contributed by atoms with E-state index in [-0.39, 0.29) is 6.61 Å². The van der Waals surface area contributed by atoms with E-state index in [4.69, 9.17) is 15.0 Å². The zero-order chi connectivity index (χ0) is 8.57. The molecule has 0 amide bonds. The summed E-state index contributed by atoms with van der Waals surface area (Å²) >= 11 is 0. The summed E-state index contributed by atoms with van der Waals surface area (Å²) in [5, 5.41) is 15.6. The van der Waals surface area contributed by atoms with Crippen molar-refractivity contribution in [2.45, 2.75) is 20.3 Å². The number of carboxylic acids is 1. The van der Waals surface area contributed by atoms with Gasteiger partial charge in [-0.15, -0.1) is 6.58 Å². The maximum Gasteiger partial charge on any atom is 0.300 e. The molecule has 0 unspecified atom stereocenters. The Balaban J connectivity index is 0. The Kier molecular flexibility index (Phi) is 9.73.